The number of carbonyl (C=O) groups is 2. The van der Waals surface area contributed by atoms with Crippen LogP contribution in [0.1, 0.15) is 47.4 Å². The summed E-state index contributed by atoms with van der Waals surface area (Å²) in [4.78, 5) is 29.4. The molecule has 0 fully saturated rings. The number of ketones is 1. The van der Waals surface area contributed by atoms with Gasteiger partial charge in [0.15, 0.2) is 28.7 Å². The molecule has 0 saturated heterocycles. The second-order valence-corrected chi connectivity index (χ2v) is 7.37. The number of aliphatic carboxylic acids is 1. The summed E-state index contributed by atoms with van der Waals surface area (Å²) < 4.78 is 18.5. The van der Waals surface area contributed by atoms with Crippen molar-refractivity contribution < 1.29 is 28.9 Å². The predicted molar refractivity (Wildman–Crippen MR) is 112 cm³/mol. The Hall–Kier alpha value is -3.55. The van der Waals surface area contributed by atoms with Gasteiger partial charge >= 0.3 is 5.97 Å². The molecule has 3 aromatic rings. The molecule has 162 valence electrons. The van der Waals surface area contributed by atoms with E-state index in [0.29, 0.717) is 54.1 Å². The number of pyridine rings is 1. The summed E-state index contributed by atoms with van der Waals surface area (Å²) in [7, 11) is 0. The Labute approximate surface area is 179 Å². The average molecular weight is 424 g/mol. The molecule has 1 aliphatic rings. The summed E-state index contributed by atoms with van der Waals surface area (Å²) in [6.07, 6.45) is 1.62. The molecule has 1 aliphatic heterocycles. The number of fused-ring (bicyclic) bond motifs is 2. The van der Waals surface area contributed by atoms with E-state index in [4.69, 9.17) is 14.2 Å². The molecule has 2 aromatic heterocycles. The quantitative estimate of drug-likeness (QED) is 0.551. The number of carboxylic acids is 1. The molecular weight excluding hydrogens is 400 g/mol. The van der Waals surface area contributed by atoms with Crippen LogP contribution in [0.25, 0.3) is 5.65 Å². The second-order valence-electron chi connectivity index (χ2n) is 7.37. The lowest BCUT2D eigenvalue weighted by molar-refractivity contribution is -0.137. The zero-order valence-corrected chi connectivity index (χ0v) is 17.5. The number of aromatic nitrogens is 2. The van der Waals surface area contributed by atoms with Gasteiger partial charge in [0.1, 0.15) is 18.9 Å². The van der Waals surface area contributed by atoms with Gasteiger partial charge in [0.05, 0.1) is 18.7 Å². The first-order chi connectivity index (χ1) is 15.0. The Morgan fingerprint density at radius 3 is 2.71 bits per heavy atom. The van der Waals surface area contributed by atoms with Crippen molar-refractivity contribution in [2.24, 2.45) is 0 Å². The third kappa shape index (κ3) is 4.19. The van der Waals surface area contributed by atoms with E-state index >= 15 is 0 Å². The maximum atomic E-state index is 13.3. The highest BCUT2D eigenvalue weighted by Gasteiger charge is 2.26. The fourth-order valence-electron chi connectivity index (χ4n) is 3.91. The zero-order valence-electron chi connectivity index (χ0n) is 17.5. The molecule has 1 aromatic carbocycles. The molecule has 8 heteroatoms. The van der Waals surface area contributed by atoms with Crippen molar-refractivity contribution >= 4 is 17.4 Å². The molecule has 0 aliphatic carbocycles. The lowest BCUT2D eigenvalue weighted by Crippen LogP contribution is -2.17. The molecule has 4 rings (SSSR count). The smallest absolute Gasteiger partial charge is 0.303 e. The number of hydrogen-bond acceptors (Lipinski definition) is 6. The predicted octanol–water partition coefficient (Wildman–Crippen LogP) is 3.64. The highest BCUT2D eigenvalue weighted by atomic mass is 16.6. The van der Waals surface area contributed by atoms with E-state index in [-0.39, 0.29) is 18.6 Å². The number of ether oxygens (including phenoxy) is 3. The minimum atomic E-state index is -0.971. The number of nitrogens with zero attached hydrogens (tertiary/aromatic N) is 2. The second kappa shape index (κ2) is 8.67. The van der Waals surface area contributed by atoms with E-state index < -0.39 is 11.9 Å². The number of carbonyl (C=O) groups excluding carboxylic acids is 1. The molecule has 0 amide bonds. The molecule has 3 heterocycles. The van der Waals surface area contributed by atoms with E-state index in [1.165, 1.54) is 0 Å². The van der Waals surface area contributed by atoms with Gasteiger partial charge in [-0.25, -0.2) is 4.98 Å². The average Bonchev–Trinajstić information content (AvgIpc) is 3.09. The Morgan fingerprint density at radius 2 is 1.97 bits per heavy atom. The fraction of sp³-hybridized carbons (Fsp3) is 0.348. The number of rotatable bonds is 8. The fourth-order valence-corrected chi connectivity index (χ4v) is 3.91. The van der Waals surface area contributed by atoms with Crippen LogP contribution in [0.5, 0.6) is 17.2 Å². The molecule has 0 saturated carbocycles. The van der Waals surface area contributed by atoms with Crippen LogP contribution < -0.4 is 14.2 Å². The standard InChI is InChI=1S/C23H24N2O6/c1-3-29-19-5-4-8-25-22(14(2)24-23(19)25)17(26)11-16(13-21(27)28)15-6-7-18-20(12-15)31-10-9-30-18/h4-8,12,16H,3,9-11,13H2,1-2H3,(H,27,28). The van der Waals surface area contributed by atoms with Gasteiger partial charge in [0, 0.05) is 18.5 Å². The van der Waals surface area contributed by atoms with Gasteiger partial charge in [-0.1, -0.05) is 6.07 Å². The molecule has 0 spiro atoms. The van der Waals surface area contributed by atoms with E-state index in [9.17, 15) is 14.7 Å². The van der Waals surface area contributed by atoms with Gasteiger partial charge in [0.2, 0.25) is 0 Å². The molecule has 1 atom stereocenters. The van der Waals surface area contributed by atoms with Crippen molar-refractivity contribution in [3.63, 3.8) is 0 Å². The van der Waals surface area contributed by atoms with Crippen molar-refractivity contribution in [2.45, 2.75) is 32.6 Å². The monoisotopic (exact) mass is 424 g/mol. The Bertz CT molecular complexity index is 1140. The first kappa shape index (κ1) is 20.7. The topological polar surface area (TPSA) is 99.4 Å². The summed E-state index contributed by atoms with van der Waals surface area (Å²) in [5.41, 5.74) is 2.30. The number of Topliss-reactive ketones (excluding diaryl/α,β-unsaturated/α-hetero) is 1. The highest BCUT2D eigenvalue weighted by molar-refractivity contribution is 5.97. The van der Waals surface area contributed by atoms with E-state index in [1.54, 1.807) is 41.8 Å². The third-order valence-electron chi connectivity index (χ3n) is 5.24. The van der Waals surface area contributed by atoms with Crippen LogP contribution in [0.4, 0.5) is 0 Å². The van der Waals surface area contributed by atoms with Crippen LogP contribution in [-0.2, 0) is 4.79 Å². The summed E-state index contributed by atoms with van der Waals surface area (Å²) in [5, 5.41) is 9.45. The van der Waals surface area contributed by atoms with Crippen LogP contribution in [0, 0.1) is 6.92 Å². The maximum absolute atomic E-state index is 13.3. The maximum Gasteiger partial charge on any atom is 0.303 e. The lowest BCUT2D eigenvalue weighted by Gasteiger charge is -2.21. The SMILES string of the molecule is CCOc1cccn2c(C(=O)CC(CC(=O)O)c3ccc4c(c3)OCCO4)c(C)nc12. The first-order valence-corrected chi connectivity index (χ1v) is 10.2. The number of imidazole rings is 1. The summed E-state index contributed by atoms with van der Waals surface area (Å²) in [6, 6.07) is 8.93. The van der Waals surface area contributed by atoms with Crippen LogP contribution in [-0.4, -0.2) is 46.1 Å². The van der Waals surface area contributed by atoms with Crippen molar-refractivity contribution in [1.82, 2.24) is 9.38 Å². The molecule has 0 bridgehead atoms. The van der Waals surface area contributed by atoms with Gasteiger partial charge in [-0.3, -0.25) is 14.0 Å². The lowest BCUT2D eigenvalue weighted by atomic mass is 9.89. The highest BCUT2D eigenvalue weighted by Crippen LogP contribution is 2.36. The van der Waals surface area contributed by atoms with Gasteiger partial charge in [0.25, 0.3) is 0 Å². The molecule has 31 heavy (non-hydrogen) atoms. The molecule has 1 N–H and O–H groups in total. The van der Waals surface area contributed by atoms with Crippen molar-refractivity contribution in [3.05, 3.63) is 53.5 Å². The number of aryl methyl sites for hydroxylation is 1. The van der Waals surface area contributed by atoms with Crippen molar-refractivity contribution in [2.75, 3.05) is 19.8 Å². The molecule has 1 unspecified atom stereocenters. The summed E-state index contributed by atoms with van der Waals surface area (Å²) in [5.74, 6) is 0.123. The Balaban J connectivity index is 1.67. The van der Waals surface area contributed by atoms with Gasteiger partial charge in [-0.2, -0.15) is 0 Å². The van der Waals surface area contributed by atoms with Crippen LogP contribution in [0.2, 0.25) is 0 Å². The van der Waals surface area contributed by atoms with Crippen LogP contribution >= 0.6 is 0 Å². The van der Waals surface area contributed by atoms with Gasteiger partial charge in [-0.05, 0) is 43.7 Å². The minimum Gasteiger partial charge on any atom is -0.490 e. The van der Waals surface area contributed by atoms with E-state index in [1.807, 2.05) is 13.0 Å². The van der Waals surface area contributed by atoms with E-state index in [0.717, 1.165) is 5.56 Å². The number of benzene rings is 1. The summed E-state index contributed by atoms with van der Waals surface area (Å²) in [6.45, 7) is 5.05. The van der Waals surface area contributed by atoms with Crippen LogP contribution in [0.15, 0.2) is 36.5 Å². The van der Waals surface area contributed by atoms with Crippen molar-refractivity contribution in [1.29, 1.82) is 0 Å². The largest absolute Gasteiger partial charge is 0.490 e. The zero-order chi connectivity index (χ0) is 22.0. The summed E-state index contributed by atoms with van der Waals surface area (Å²) >= 11 is 0. The van der Waals surface area contributed by atoms with Crippen LogP contribution in [0.3, 0.4) is 0 Å². The molecular formula is C23H24N2O6. The minimum absolute atomic E-state index is 0.0272. The normalized spacial score (nSPS) is 13.7. The van der Waals surface area contributed by atoms with E-state index in [2.05, 4.69) is 4.98 Å². The van der Waals surface area contributed by atoms with Crippen molar-refractivity contribution in [3.8, 4) is 17.2 Å². The van der Waals surface area contributed by atoms with Gasteiger partial charge < -0.3 is 19.3 Å². The first-order valence-electron chi connectivity index (χ1n) is 10.2. The Kier molecular flexibility index (Phi) is 5.79. The number of hydrogen-bond donors (Lipinski definition) is 1. The number of carboxylic acid groups (broad SMARTS) is 1. The molecule has 8 nitrogen and oxygen atoms in total. The third-order valence-corrected chi connectivity index (χ3v) is 5.24. The van der Waals surface area contributed by atoms with Gasteiger partial charge in [-0.15, -0.1) is 0 Å². The Morgan fingerprint density at radius 1 is 1.19 bits per heavy atom. The molecule has 0 radical (unpaired) electrons.